The maximum Gasteiger partial charge on any atom is 0.408 e. The van der Waals surface area contributed by atoms with Crippen LogP contribution in [-0.4, -0.2) is 27.1 Å². The van der Waals surface area contributed by atoms with Crippen molar-refractivity contribution in [2.75, 3.05) is 0 Å². The van der Waals surface area contributed by atoms with Gasteiger partial charge >= 0.3 is 12.1 Å². The summed E-state index contributed by atoms with van der Waals surface area (Å²) in [7, 11) is 0. The average Bonchev–Trinajstić information content (AvgIpc) is 2.59. The third-order valence-corrected chi connectivity index (χ3v) is 3.75. The van der Waals surface area contributed by atoms with Crippen molar-refractivity contribution < 1.29 is 19.4 Å². The summed E-state index contributed by atoms with van der Waals surface area (Å²) in [5.74, 6) is -1.01. The van der Waals surface area contributed by atoms with Gasteiger partial charge in [0.2, 0.25) is 0 Å². The fourth-order valence-electron chi connectivity index (χ4n) is 1.30. The molecule has 0 saturated heterocycles. The first kappa shape index (κ1) is 15.9. The van der Waals surface area contributed by atoms with Crippen molar-refractivity contribution in [3.05, 3.63) is 15.5 Å². The minimum absolute atomic E-state index is 0.236. The molecule has 1 amide bonds. The molecule has 0 fully saturated rings. The maximum atomic E-state index is 11.7. The Morgan fingerprint density at radius 3 is 2.63 bits per heavy atom. The van der Waals surface area contributed by atoms with Crippen LogP contribution in [0.25, 0.3) is 0 Å². The van der Waals surface area contributed by atoms with Crippen LogP contribution in [-0.2, 0) is 9.53 Å². The highest BCUT2D eigenvalue weighted by Crippen LogP contribution is 2.29. The highest BCUT2D eigenvalue weighted by atomic mass is 79.9. The smallest absolute Gasteiger partial charge is 0.408 e. The van der Waals surface area contributed by atoms with Gasteiger partial charge in [-0.05, 0) is 48.2 Å². The third-order valence-electron chi connectivity index (χ3n) is 1.94. The molecule has 0 saturated carbocycles. The Hall–Kier alpha value is -1.15. The molecule has 0 aromatic carbocycles. The first-order chi connectivity index (χ1) is 8.69. The van der Waals surface area contributed by atoms with Gasteiger partial charge in [0.05, 0.1) is 28.0 Å². The second kappa shape index (κ2) is 6.33. The van der Waals surface area contributed by atoms with Crippen molar-refractivity contribution in [2.45, 2.75) is 38.8 Å². The number of aromatic nitrogens is 1. The second-order valence-electron chi connectivity index (χ2n) is 4.83. The molecule has 1 heterocycles. The number of aliphatic carboxylic acids is 1. The van der Waals surface area contributed by atoms with Crippen LogP contribution in [0.2, 0.25) is 0 Å². The van der Waals surface area contributed by atoms with Crippen LogP contribution < -0.4 is 5.32 Å². The summed E-state index contributed by atoms with van der Waals surface area (Å²) in [6.45, 7) is 5.21. The lowest BCUT2D eigenvalue weighted by Crippen LogP contribution is -2.35. The maximum absolute atomic E-state index is 11.7. The topological polar surface area (TPSA) is 88.5 Å². The van der Waals surface area contributed by atoms with Gasteiger partial charge in [0.1, 0.15) is 5.60 Å². The molecule has 0 aliphatic rings. The molecule has 1 aromatic rings. The first-order valence-corrected chi connectivity index (χ1v) is 7.07. The highest BCUT2D eigenvalue weighted by Gasteiger charge is 2.25. The molecule has 2 N–H and O–H groups in total. The largest absolute Gasteiger partial charge is 0.481 e. The normalized spacial score (nSPS) is 12.8. The number of nitrogens with one attached hydrogen (secondary N) is 1. The van der Waals surface area contributed by atoms with Crippen LogP contribution in [0, 0.1) is 0 Å². The quantitative estimate of drug-likeness (QED) is 0.871. The molecule has 19 heavy (non-hydrogen) atoms. The highest BCUT2D eigenvalue weighted by molar-refractivity contribution is 9.10. The van der Waals surface area contributed by atoms with E-state index in [0.717, 1.165) is 11.5 Å². The predicted octanol–water partition coefficient (Wildman–Crippen LogP) is 2.95. The number of carboxylic acid groups (broad SMARTS) is 1. The van der Waals surface area contributed by atoms with E-state index in [0.29, 0.717) is 9.35 Å². The van der Waals surface area contributed by atoms with Gasteiger partial charge in [-0.3, -0.25) is 4.79 Å². The van der Waals surface area contributed by atoms with Crippen molar-refractivity contribution >= 4 is 39.5 Å². The Kier molecular flexibility index (Phi) is 5.30. The number of hydrogen-bond donors (Lipinski definition) is 2. The SMILES string of the molecule is CC(C)(C)OC(=O)N[C@@H](CC(=O)O)c1sncc1Br. The third kappa shape index (κ3) is 5.56. The molecule has 0 unspecified atom stereocenters. The summed E-state index contributed by atoms with van der Waals surface area (Å²) >= 11 is 4.40. The number of hydrogen-bond acceptors (Lipinski definition) is 5. The van der Waals surface area contributed by atoms with Crippen LogP contribution in [0.5, 0.6) is 0 Å². The van der Waals surface area contributed by atoms with Crippen molar-refractivity contribution in [3.8, 4) is 0 Å². The summed E-state index contributed by atoms with van der Waals surface area (Å²) in [4.78, 5) is 23.2. The van der Waals surface area contributed by atoms with Gasteiger partial charge in [-0.25, -0.2) is 4.79 Å². The Balaban J connectivity index is 2.79. The monoisotopic (exact) mass is 350 g/mol. The van der Waals surface area contributed by atoms with Crippen molar-refractivity contribution in [1.82, 2.24) is 9.69 Å². The van der Waals surface area contributed by atoms with Crippen molar-refractivity contribution in [3.63, 3.8) is 0 Å². The van der Waals surface area contributed by atoms with Gasteiger partial charge in [-0.15, -0.1) is 0 Å². The van der Waals surface area contributed by atoms with Crippen molar-refractivity contribution in [2.24, 2.45) is 0 Å². The van der Waals surface area contributed by atoms with Gasteiger partial charge in [-0.1, -0.05) is 0 Å². The van der Waals surface area contributed by atoms with Gasteiger partial charge in [0, 0.05) is 0 Å². The van der Waals surface area contributed by atoms with E-state index >= 15 is 0 Å². The lowest BCUT2D eigenvalue weighted by atomic mass is 10.2. The molecule has 1 atom stereocenters. The number of carboxylic acids is 1. The van der Waals surface area contributed by atoms with E-state index in [-0.39, 0.29) is 6.42 Å². The number of halogens is 1. The minimum Gasteiger partial charge on any atom is -0.481 e. The summed E-state index contributed by atoms with van der Waals surface area (Å²) in [5.41, 5.74) is -0.636. The Labute approximate surface area is 123 Å². The molecule has 1 aromatic heterocycles. The molecular weight excluding hydrogens is 336 g/mol. The Morgan fingerprint density at radius 1 is 1.58 bits per heavy atom. The molecular formula is C11H15BrN2O4S. The average molecular weight is 351 g/mol. The van der Waals surface area contributed by atoms with E-state index < -0.39 is 23.7 Å². The van der Waals surface area contributed by atoms with E-state index in [1.807, 2.05) is 0 Å². The number of carbonyl (C=O) groups is 2. The summed E-state index contributed by atoms with van der Waals surface area (Å²) in [6.07, 6.45) is 0.671. The second-order valence-corrected chi connectivity index (χ2v) is 6.52. The van der Waals surface area contributed by atoms with E-state index in [9.17, 15) is 9.59 Å². The Bertz CT molecular complexity index is 470. The Morgan fingerprint density at radius 2 is 2.21 bits per heavy atom. The zero-order valence-electron chi connectivity index (χ0n) is 10.8. The lowest BCUT2D eigenvalue weighted by molar-refractivity contribution is -0.137. The summed E-state index contributed by atoms with van der Waals surface area (Å²) < 4.78 is 9.72. The van der Waals surface area contributed by atoms with Crippen LogP contribution >= 0.6 is 27.5 Å². The van der Waals surface area contributed by atoms with Crippen LogP contribution in [0.1, 0.15) is 38.1 Å². The molecule has 6 nitrogen and oxygen atoms in total. The number of ether oxygens (including phenoxy) is 1. The molecule has 0 aliphatic heterocycles. The van der Waals surface area contributed by atoms with E-state index in [1.165, 1.54) is 0 Å². The first-order valence-electron chi connectivity index (χ1n) is 5.50. The molecule has 0 bridgehead atoms. The lowest BCUT2D eigenvalue weighted by Gasteiger charge is -2.22. The molecule has 1 rings (SSSR count). The molecule has 106 valence electrons. The van der Waals surface area contributed by atoms with E-state index in [2.05, 4.69) is 25.6 Å². The summed E-state index contributed by atoms with van der Waals surface area (Å²) in [6, 6.07) is -0.672. The van der Waals surface area contributed by atoms with Gasteiger partial charge < -0.3 is 15.2 Å². The summed E-state index contributed by atoms with van der Waals surface area (Å²) in [5, 5.41) is 11.4. The number of rotatable bonds is 4. The fraction of sp³-hybridized carbons (Fsp3) is 0.545. The predicted molar refractivity (Wildman–Crippen MR) is 74.2 cm³/mol. The van der Waals surface area contributed by atoms with Crippen LogP contribution in [0.3, 0.4) is 0 Å². The number of carbonyl (C=O) groups excluding carboxylic acids is 1. The number of alkyl carbamates (subject to hydrolysis) is 1. The molecule has 8 heteroatoms. The number of amides is 1. The van der Waals surface area contributed by atoms with Gasteiger partial charge in [0.25, 0.3) is 0 Å². The van der Waals surface area contributed by atoms with Crippen LogP contribution in [0.15, 0.2) is 10.7 Å². The van der Waals surface area contributed by atoms with E-state index in [1.54, 1.807) is 27.0 Å². The van der Waals surface area contributed by atoms with Gasteiger partial charge in [-0.2, -0.15) is 4.37 Å². The molecule has 0 radical (unpaired) electrons. The standard InChI is InChI=1S/C11H15BrN2O4S/c1-11(2,3)18-10(17)14-7(4-8(15)16)9-6(12)5-13-19-9/h5,7H,4H2,1-3H3,(H,14,17)(H,15,16)/t7-/m0/s1. The fourth-order valence-corrected chi connectivity index (χ4v) is 2.71. The van der Waals surface area contributed by atoms with E-state index in [4.69, 9.17) is 9.84 Å². The minimum atomic E-state index is -1.01. The van der Waals surface area contributed by atoms with Gasteiger partial charge in [0.15, 0.2) is 0 Å². The van der Waals surface area contributed by atoms with Crippen molar-refractivity contribution in [1.29, 1.82) is 0 Å². The zero-order chi connectivity index (χ0) is 14.6. The molecule has 0 spiro atoms. The van der Waals surface area contributed by atoms with Crippen LogP contribution in [0.4, 0.5) is 4.79 Å². The zero-order valence-corrected chi connectivity index (χ0v) is 13.2. The molecule has 0 aliphatic carbocycles. The number of nitrogens with zero attached hydrogens (tertiary/aromatic N) is 1.